The number of nitrogens with one attached hydrogen (secondary N) is 2. The van der Waals surface area contributed by atoms with Crippen LogP contribution in [0.5, 0.6) is 0 Å². The van der Waals surface area contributed by atoms with E-state index >= 15 is 0 Å². The van der Waals surface area contributed by atoms with Crippen molar-refractivity contribution >= 4 is 16.9 Å². The number of likely N-dealkylation sites (N-methyl/N-ethyl adjacent to an activating group) is 1. The van der Waals surface area contributed by atoms with Crippen LogP contribution in [0, 0.1) is 12.8 Å². The zero-order valence-electron chi connectivity index (χ0n) is 17.5. The number of amides is 1. The first-order valence-electron chi connectivity index (χ1n) is 10.4. The molecule has 2 atom stereocenters. The molecule has 0 radical (unpaired) electrons. The van der Waals surface area contributed by atoms with Crippen LogP contribution in [0.2, 0.25) is 0 Å². The van der Waals surface area contributed by atoms with Crippen molar-refractivity contribution in [2.45, 2.75) is 51.6 Å². The summed E-state index contributed by atoms with van der Waals surface area (Å²) in [5, 5.41) is 11.4. The van der Waals surface area contributed by atoms with E-state index in [4.69, 9.17) is 0 Å². The van der Waals surface area contributed by atoms with Crippen LogP contribution in [0.4, 0.5) is 0 Å². The standard InChI is InChI=1S/C21H32N6O/c1-14(2)12-27-8-5-7-21(13-27)18(6-9-26(21)4)23-20(28)16-10-17-15(3)24-25-19(17)22-11-16/h10-11,14,18H,5-9,12-13H2,1-4H3,(H,23,28)(H,22,24,25). The van der Waals surface area contributed by atoms with Gasteiger partial charge in [-0.2, -0.15) is 5.10 Å². The van der Waals surface area contributed by atoms with Crippen molar-refractivity contribution in [2.75, 3.05) is 33.2 Å². The molecule has 2 unspecified atom stereocenters. The number of hydrogen-bond acceptors (Lipinski definition) is 5. The molecule has 2 aromatic rings. The number of H-pyrrole nitrogens is 1. The zero-order valence-corrected chi connectivity index (χ0v) is 17.5. The molecule has 2 aliphatic rings. The second kappa shape index (κ2) is 7.44. The number of aromatic nitrogens is 3. The Labute approximate surface area is 166 Å². The van der Waals surface area contributed by atoms with E-state index in [1.54, 1.807) is 6.20 Å². The molecule has 7 heteroatoms. The van der Waals surface area contributed by atoms with Gasteiger partial charge < -0.3 is 10.2 Å². The maximum absolute atomic E-state index is 13.1. The predicted molar refractivity (Wildman–Crippen MR) is 110 cm³/mol. The molecule has 0 aliphatic carbocycles. The summed E-state index contributed by atoms with van der Waals surface area (Å²) in [6.45, 7) is 10.8. The molecule has 0 aromatic carbocycles. The van der Waals surface area contributed by atoms with E-state index in [2.05, 4.69) is 51.2 Å². The Bertz CT molecular complexity index is 862. The Morgan fingerprint density at radius 2 is 2.25 bits per heavy atom. The minimum atomic E-state index is -0.0318. The van der Waals surface area contributed by atoms with Gasteiger partial charge in [0.2, 0.25) is 0 Å². The highest BCUT2D eigenvalue weighted by molar-refractivity contribution is 5.97. The minimum Gasteiger partial charge on any atom is -0.347 e. The maximum Gasteiger partial charge on any atom is 0.253 e. The van der Waals surface area contributed by atoms with Crippen LogP contribution >= 0.6 is 0 Å². The van der Waals surface area contributed by atoms with Crippen molar-refractivity contribution < 1.29 is 4.79 Å². The number of carbonyl (C=O) groups is 1. The highest BCUT2D eigenvalue weighted by atomic mass is 16.1. The van der Waals surface area contributed by atoms with Gasteiger partial charge in [-0.3, -0.25) is 14.8 Å². The topological polar surface area (TPSA) is 77.1 Å². The molecule has 7 nitrogen and oxygen atoms in total. The predicted octanol–water partition coefficient (Wildman–Crippen LogP) is 2.19. The second-order valence-corrected chi connectivity index (χ2v) is 9.02. The number of carbonyl (C=O) groups excluding carboxylic acids is 1. The Hall–Kier alpha value is -1.99. The summed E-state index contributed by atoms with van der Waals surface area (Å²) >= 11 is 0. The van der Waals surface area contributed by atoms with Gasteiger partial charge in [-0.05, 0) is 51.8 Å². The van der Waals surface area contributed by atoms with Gasteiger partial charge in [0.25, 0.3) is 5.91 Å². The molecular weight excluding hydrogens is 352 g/mol. The lowest BCUT2D eigenvalue weighted by molar-refractivity contribution is 0.0341. The number of aryl methyl sites for hydroxylation is 1. The Morgan fingerprint density at radius 3 is 3.04 bits per heavy atom. The first kappa shape index (κ1) is 19.3. The van der Waals surface area contributed by atoms with Crippen molar-refractivity contribution in [2.24, 2.45) is 5.92 Å². The average molecular weight is 385 g/mol. The van der Waals surface area contributed by atoms with Gasteiger partial charge in [0.1, 0.15) is 0 Å². The molecule has 28 heavy (non-hydrogen) atoms. The smallest absolute Gasteiger partial charge is 0.253 e. The number of pyridine rings is 1. The summed E-state index contributed by atoms with van der Waals surface area (Å²) in [6.07, 6.45) is 4.96. The fourth-order valence-electron chi connectivity index (χ4n) is 5.09. The molecule has 0 bridgehead atoms. The van der Waals surface area contributed by atoms with Crippen molar-refractivity contribution in [3.8, 4) is 0 Å². The van der Waals surface area contributed by atoms with Gasteiger partial charge in [-0.1, -0.05) is 13.8 Å². The molecule has 1 amide bonds. The van der Waals surface area contributed by atoms with Gasteiger partial charge in [-0.15, -0.1) is 0 Å². The second-order valence-electron chi connectivity index (χ2n) is 9.02. The summed E-state index contributed by atoms with van der Waals surface area (Å²) in [5.41, 5.74) is 2.23. The molecule has 4 rings (SSSR count). The summed E-state index contributed by atoms with van der Waals surface area (Å²) in [6, 6.07) is 2.06. The number of fused-ring (bicyclic) bond motifs is 1. The highest BCUT2D eigenvalue weighted by Crippen LogP contribution is 2.36. The molecule has 4 heterocycles. The normalized spacial score (nSPS) is 26.5. The van der Waals surface area contributed by atoms with E-state index in [9.17, 15) is 4.79 Å². The third kappa shape index (κ3) is 3.42. The van der Waals surface area contributed by atoms with Crippen molar-refractivity contribution in [1.82, 2.24) is 30.3 Å². The lowest BCUT2D eigenvalue weighted by atomic mass is 9.82. The molecule has 0 saturated carbocycles. The van der Waals surface area contributed by atoms with E-state index in [0.29, 0.717) is 17.1 Å². The number of piperidine rings is 1. The van der Waals surface area contributed by atoms with E-state index in [1.807, 2.05) is 13.0 Å². The van der Waals surface area contributed by atoms with E-state index in [1.165, 1.54) is 6.42 Å². The molecule has 2 saturated heterocycles. The van der Waals surface area contributed by atoms with Gasteiger partial charge in [0, 0.05) is 43.0 Å². The van der Waals surface area contributed by atoms with Crippen molar-refractivity contribution in [3.05, 3.63) is 23.5 Å². The van der Waals surface area contributed by atoms with Crippen molar-refractivity contribution in [3.63, 3.8) is 0 Å². The summed E-state index contributed by atoms with van der Waals surface area (Å²) in [4.78, 5) is 22.5. The van der Waals surface area contributed by atoms with Crippen LogP contribution in [0.3, 0.4) is 0 Å². The first-order valence-corrected chi connectivity index (χ1v) is 10.4. The van der Waals surface area contributed by atoms with Crippen LogP contribution < -0.4 is 5.32 Å². The molecule has 152 valence electrons. The molecule has 2 aliphatic heterocycles. The molecular formula is C21H32N6O. The third-order valence-electron chi connectivity index (χ3n) is 6.53. The van der Waals surface area contributed by atoms with Crippen LogP contribution in [-0.4, -0.2) is 75.7 Å². The number of likely N-dealkylation sites (tertiary alicyclic amines) is 2. The maximum atomic E-state index is 13.1. The molecule has 1 spiro atoms. The van der Waals surface area contributed by atoms with Gasteiger partial charge in [-0.25, -0.2) is 4.98 Å². The molecule has 2 fully saturated rings. The van der Waals surface area contributed by atoms with Gasteiger partial charge in [0.15, 0.2) is 5.65 Å². The number of hydrogen-bond donors (Lipinski definition) is 2. The van der Waals surface area contributed by atoms with Crippen LogP contribution in [0.15, 0.2) is 12.3 Å². The lowest BCUT2D eigenvalue weighted by Gasteiger charge is -2.48. The largest absolute Gasteiger partial charge is 0.347 e. The van der Waals surface area contributed by atoms with E-state index in [0.717, 1.165) is 50.1 Å². The van der Waals surface area contributed by atoms with Crippen LogP contribution in [0.1, 0.15) is 49.2 Å². The van der Waals surface area contributed by atoms with Gasteiger partial charge in [0.05, 0.1) is 11.1 Å². The lowest BCUT2D eigenvalue weighted by Crippen LogP contribution is -2.63. The monoisotopic (exact) mass is 384 g/mol. The highest BCUT2D eigenvalue weighted by Gasteiger charge is 2.49. The quantitative estimate of drug-likeness (QED) is 0.845. The Balaban J connectivity index is 1.53. The zero-order chi connectivity index (χ0) is 19.9. The van der Waals surface area contributed by atoms with Crippen molar-refractivity contribution in [1.29, 1.82) is 0 Å². The Kier molecular flexibility index (Phi) is 5.14. The fraction of sp³-hybridized carbons (Fsp3) is 0.667. The van der Waals surface area contributed by atoms with E-state index in [-0.39, 0.29) is 17.5 Å². The average Bonchev–Trinajstić information content (AvgIpc) is 3.16. The van der Waals surface area contributed by atoms with Gasteiger partial charge >= 0.3 is 0 Å². The fourth-order valence-corrected chi connectivity index (χ4v) is 5.09. The third-order valence-corrected chi connectivity index (χ3v) is 6.53. The number of rotatable bonds is 4. The van der Waals surface area contributed by atoms with E-state index < -0.39 is 0 Å². The number of aromatic amines is 1. The number of nitrogens with zero attached hydrogens (tertiary/aromatic N) is 4. The van der Waals surface area contributed by atoms with Crippen LogP contribution in [0.25, 0.3) is 11.0 Å². The summed E-state index contributed by atoms with van der Waals surface area (Å²) < 4.78 is 0. The Morgan fingerprint density at radius 1 is 1.43 bits per heavy atom. The molecule has 2 N–H and O–H groups in total. The van der Waals surface area contributed by atoms with Crippen LogP contribution in [-0.2, 0) is 0 Å². The summed E-state index contributed by atoms with van der Waals surface area (Å²) in [7, 11) is 2.22. The SMILES string of the molecule is Cc1[nH]nc2ncc(C(=O)NC3CCN(C)C34CCCN(CC(C)C)C4)cc12. The minimum absolute atomic E-state index is 0.0318. The molecule has 2 aromatic heterocycles. The first-order chi connectivity index (χ1) is 13.4. The summed E-state index contributed by atoms with van der Waals surface area (Å²) in [5.74, 6) is 0.626.